The predicted octanol–water partition coefficient (Wildman–Crippen LogP) is 2.90. The molecule has 0 bridgehead atoms. The van der Waals surface area contributed by atoms with E-state index in [-0.39, 0.29) is 0 Å². The van der Waals surface area contributed by atoms with Crippen molar-refractivity contribution in [2.75, 3.05) is 6.26 Å². The normalized spacial score (nSPS) is 14.8. The molecule has 2 aromatic rings. The summed E-state index contributed by atoms with van der Waals surface area (Å²) in [6.07, 6.45) is 1.48. The van der Waals surface area contributed by atoms with Gasteiger partial charge < -0.3 is 4.57 Å². The molecule has 2 aromatic carbocycles. The molecule has 2 nitrogen and oxygen atoms in total. The van der Waals surface area contributed by atoms with Gasteiger partial charge in [0.15, 0.2) is 11.6 Å². The highest BCUT2D eigenvalue weighted by Crippen LogP contribution is 2.51. The molecular weight excluding hydrogens is 299 g/mol. The molecular formula is C14H14ClO2PS. The molecule has 2 rings (SSSR count). The third-order valence-corrected chi connectivity index (χ3v) is 9.45. The zero-order valence-electron chi connectivity index (χ0n) is 10.4. The van der Waals surface area contributed by atoms with E-state index in [1.54, 1.807) is 24.3 Å². The van der Waals surface area contributed by atoms with E-state index in [1.165, 1.54) is 6.26 Å². The van der Waals surface area contributed by atoms with E-state index < -0.39 is 22.4 Å². The van der Waals surface area contributed by atoms with Crippen LogP contribution in [0.25, 0.3) is 0 Å². The van der Waals surface area contributed by atoms with Crippen molar-refractivity contribution < 1.29 is 8.77 Å². The summed E-state index contributed by atoms with van der Waals surface area (Å²) >= 11 is 6.23. The van der Waals surface area contributed by atoms with Gasteiger partial charge in [-0.15, -0.1) is 0 Å². The molecule has 0 saturated heterocycles. The molecule has 2 unspecified atom stereocenters. The van der Waals surface area contributed by atoms with Crippen LogP contribution in [0.2, 0.25) is 0 Å². The fourth-order valence-corrected chi connectivity index (χ4v) is 6.97. The molecule has 0 N–H and O–H groups in total. The predicted molar refractivity (Wildman–Crippen MR) is 83.5 cm³/mol. The Hall–Kier alpha value is -0.890. The van der Waals surface area contributed by atoms with Gasteiger partial charge in [0.2, 0.25) is 0 Å². The Bertz CT molecular complexity index is 572. The fraction of sp³-hybridized carbons (Fsp3) is 0.143. The molecule has 2 atom stereocenters. The zero-order chi connectivity index (χ0) is 13.9. The Balaban J connectivity index is 2.65. The summed E-state index contributed by atoms with van der Waals surface area (Å²) in [5, 5.41) is 1.27. The lowest BCUT2D eigenvalue weighted by Gasteiger charge is -2.22. The van der Waals surface area contributed by atoms with Crippen LogP contribution in [-0.4, -0.2) is 14.9 Å². The average Bonchev–Trinajstić information content (AvgIpc) is 2.47. The first-order valence-corrected chi connectivity index (χ1v) is 9.57. The minimum absolute atomic E-state index is 0.636. The lowest BCUT2D eigenvalue weighted by atomic mass is 10.4. The van der Waals surface area contributed by atoms with Crippen LogP contribution in [0.4, 0.5) is 0 Å². The molecule has 0 saturated carbocycles. The van der Waals surface area contributed by atoms with E-state index in [0.29, 0.717) is 10.6 Å². The van der Waals surface area contributed by atoms with Crippen LogP contribution in [0, 0.1) is 0 Å². The number of benzene rings is 2. The van der Waals surface area contributed by atoms with Crippen molar-refractivity contribution in [3.8, 4) is 0 Å². The van der Waals surface area contributed by atoms with E-state index in [4.69, 9.17) is 11.6 Å². The Labute approximate surface area is 120 Å². The summed E-state index contributed by atoms with van der Waals surface area (Å²) in [6.45, 7) is 0. The van der Waals surface area contributed by atoms with Crippen LogP contribution < -0.4 is 10.6 Å². The number of halogens is 1. The first kappa shape index (κ1) is 14.5. The molecule has 0 aliphatic carbocycles. The summed E-state index contributed by atoms with van der Waals surface area (Å²) in [4.78, 5) is 0. The van der Waals surface area contributed by atoms with Crippen LogP contribution in [0.5, 0.6) is 0 Å². The number of hydrogen-bond donors (Lipinski definition) is 0. The Morgan fingerprint density at radius 1 is 0.947 bits per heavy atom. The van der Waals surface area contributed by atoms with Crippen molar-refractivity contribution in [1.82, 2.24) is 0 Å². The van der Waals surface area contributed by atoms with E-state index in [0.717, 1.165) is 0 Å². The van der Waals surface area contributed by atoms with Crippen molar-refractivity contribution in [1.29, 1.82) is 0 Å². The summed E-state index contributed by atoms with van der Waals surface area (Å²) in [5.74, 6) is 0. The third kappa shape index (κ3) is 2.84. The number of alkyl halides is 1. The van der Waals surface area contributed by atoms with Gasteiger partial charge in [-0.3, -0.25) is 4.21 Å². The Morgan fingerprint density at radius 3 is 1.63 bits per heavy atom. The minimum atomic E-state index is -3.11. The fourth-order valence-electron chi connectivity index (χ4n) is 1.89. The van der Waals surface area contributed by atoms with E-state index in [2.05, 4.69) is 0 Å². The summed E-state index contributed by atoms with van der Waals surface area (Å²) in [5.41, 5.74) is 0. The van der Waals surface area contributed by atoms with Gasteiger partial charge in [-0.1, -0.05) is 72.3 Å². The topological polar surface area (TPSA) is 34.1 Å². The van der Waals surface area contributed by atoms with Gasteiger partial charge in [0.05, 0.1) is 0 Å². The van der Waals surface area contributed by atoms with Gasteiger partial charge >= 0.3 is 0 Å². The highest BCUT2D eigenvalue weighted by molar-refractivity contribution is 8.00. The van der Waals surface area contributed by atoms with E-state index in [1.807, 2.05) is 36.4 Å². The zero-order valence-corrected chi connectivity index (χ0v) is 12.9. The van der Waals surface area contributed by atoms with E-state index in [9.17, 15) is 8.77 Å². The Kier molecular flexibility index (Phi) is 4.62. The second kappa shape index (κ2) is 6.04. The highest BCUT2D eigenvalue weighted by Gasteiger charge is 2.37. The minimum Gasteiger partial charge on any atom is -0.311 e. The molecule has 0 aromatic heterocycles. The van der Waals surface area contributed by atoms with Gasteiger partial charge in [0, 0.05) is 27.7 Å². The first-order chi connectivity index (χ1) is 9.06. The van der Waals surface area contributed by atoms with E-state index >= 15 is 0 Å². The van der Waals surface area contributed by atoms with Crippen LogP contribution in [0.15, 0.2) is 60.7 Å². The van der Waals surface area contributed by atoms with Gasteiger partial charge in [-0.05, 0) is 0 Å². The molecule has 0 spiro atoms. The second-order valence-corrected chi connectivity index (χ2v) is 9.80. The largest absolute Gasteiger partial charge is 0.311 e. The molecule has 0 amide bonds. The summed E-state index contributed by atoms with van der Waals surface area (Å²) < 4.78 is 24.3. The maximum Gasteiger partial charge on any atom is 0.172 e. The SMILES string of the molecule is CS(=O)C(Cl)P(=O)(c1ccccc1)c1ccccc1. The molecule has 0 aliphatic rings. The van der Waals surface area contributed by atoms with Crippen LogP contribution in [0.3, 0.4) is 0 Å². The molecule has 19 heavy (non-hydrogen) atoms. The summed E-state index contributed by atoms with van der Waals surface area (Å²) in [7, 11) is -4.48. The van der Waals surface area contributed by atoms with Gasteiger partial charge in [0.25, 0.3) is 0 Å². The van der Waals surface area contributed by atoms with Crippen molar-refractivity contribution in [2.45, 2.75) is 4.45 Å². The third-order valence-electron chi connectivity index (χ3n) is 2.84. The van der Waals surface area contributed by atoms with Gasteiger partial charge in [-0.25, -0.2) is 0 Å². The molecule has 0 radical (unpaired) electrons. The maximum atomic E-state index is 13.4. The smallest absolute Gasteiger partial charge is 0.172 e. The molecule has 5 heteroatoms. The maximum absolute atomic E-state index is 13.4. The summed E-state index contributed by atoms with van der Waals surface area (Å²) in [6, 6.07) is 18.1. The van der Waals surface area contributed by atoms with Crippen LogP contribution in [0.1, 0.15) is 0 Å². The molecule has 100 valence electrons. The van der Waals surface area contributed by atoms with Crippen molar-refractivity contribution in [3.63, 3.8) is 0 Å². The lowest BCUT2D eigenvalue weighted by molar-refractivity contribution is 0.588. The Morgan fingerprint density at radius 2 is 1.32 bits per heavy atom. The molecule has 0 aliphatic heterocycles. The number of rotatable bonds is 4. The monoisotopic (exact) mass is 312 g/mol. The van der Waals surface area contributed by atoms with Crippen molar-refractivity contribution in [3.05, 3.63) is 60.7 Å². The molecule has 0 heterocycles. The highest BCUT2D eigenvalue weighted by atomic mass is 35.5. The molecule has 0 fully saturated rings. The van der Waals surface area contributed by atoms with Gasteiger partial charge in [0.1, 0.15) is 0 Å². The van der Waals surface area contributed by atoms with Crippen molar-refractivity contribution >= 4 is 40.2 Å². The first-order valence-electron chi connectivity index (χ1n) is 5.74. The average molecular weight is 313 g/mol. The van der Waals surface area contributed by atoms with Crippen LogP contribution >= 0.6 is 18.7 Å². The van der Waals surface area contributed by atoms with Gasteiger partial charge in [-0.2, -0.15) is 0 Å². The quantitative estimate of drug-likeness (QED) is 0.642. The second-order valence-electron chi connectivity index (χ2n) is 4.12. The van der Waals surface area contributed by atoms with Crippen molar-refractivity contribution in [2.24, 2.45) is 0 Å². The lowest BCUT2D eigenvalue weighted by Crippen LogP contribution is -2.25. The standard InChI is InChI=1S/C14H14ClO2PS/c1-19(17)14(15)18(16,12-8-4-2-5-9-12)13-10-6-3-7-11-13/h2-11,14H,1H3. The van der Waals surface area contributed by atoms with Crippen LogP contribution in [-0.2, 0) is 15.4 Å². The number of hydrogen-bond acceptors (Lipinski definition) is 2.